The maximum absolute atomic E-state index is 6.86. The standard InChI is InChI=1S/C29H20O/c1-3-10-24(11-4-1)29(25-12-5-2-6-13-25)18-17-23-19-22-16-15-21-9-7-8-14-26(21)27(22)20-28(23)30-29/h1-20H. The van der Waals surface area contributed by atoms with Gasteiger partial charge in [0.2, 0.25) is 0 Å². The van der Waals surface area contributed by atoms with E-state index in [0.29, 0.717) is 0 Å². The largest absolute Gasteiger partial charge is 0.473 e. The smallest absolute Gasteiger partial charge is 0.178 e. The van der Waals surface area contributed by atoms with E-state index >= 15 is 0 Å². The molecule has 0 atom stereocenters. The summed E-state index contributed by atoms with van der Waals surface area (Å²) in [5, 5.41) is 4.94. The van der Waals surface area contributed by atoms with E-state index in [-0.39, 0.29) is 0 Å². The lowest BCUT2D eigenvalue weighted by molar-refractivity contribution is 0.161. The number of hydrogen-bond acceptors (Lipinski definition) is 1. The third-order valence-corrected chi connectivity index (χ3v) is 6.05. The third-order valence-electron chi connectivity index (χ3n) is 6.05. The van der Waals surface area contributed by atoms with Crippen molar-refractivity contribution in [3.8, 4) is 5.75 Å². The van der Waals surface area contributed by atoms with Gasteiger partial charge in [0.15, 0.2) is 5.60 Å². The normalized spacial score (nSPS) is 14.4. The monoisotopic (exact) mass is 384 g/mol. The Bertz CT molecular complexity index is 1360. The Morgan fingerprint density at radius 3 is 1.90 bits per heavy atom. The van der Waals surface area contributed by atoms with Crippen molar-refractivity contribution in [2.45, 2.75) is 5.60 Å². The van der Waals surface area contributed by atoms with Crippen molar-refractivity contribution in [2.75, 3.05) is 0 Å². The number of hydrogen-bond donors (Lipinski definition) is 0. The van der Waals surface area contributed by atoms with Crippen molar-refractivity contribution >= 4 is 27.6 Å². The van der Waals surface area contributed by atoms with Crippen LogP contribution in [0.3, 0.4) is 0 Å². The van der Waals surface area contributed by atoms with Gasteiger partial charge in [-0.25, -0.2) is 0 Å². The van der Waals surface area contributed by atoms with E-state index in [1.165, 1.54) is 21.5 Å². The van der Waals surface area contributed by atoms with Crippen molar-refractivity contribution in [3.63, 3.8) is 0 Å². The van der Waals surface area contributed by atoms with Crippen LogP contribution >= 0.6 is 0 Å². The minimum absolute atomic E-state index is 0.645. The molecule has 5 aromatic rings. The third kappa shape index (κ3) is 2.56. The molecule has 0 fully saturated rings. The van der Waals surface area contributed by atoms with Crippen LogP contribution in [0.25, 0.3) is 27.6 Å². The van der Waals surface area contributed by atoms with Crippen LogP contribution < -0.4 is 4.74 Å². The molecule has 1 aliphatic heterocycles. The van der Waals surface area contributed by atoms with Gasteiger partial charge < -0.3 is 4.74 Å². The minimum atomic E-state index is -0.645. The van der Waals surface area contributed by atoms with E-state index in [9.17, 15) is 0 Å². The Labute approximate surface area is 175 Å². The highest BCUT2D eigenvalue weighted by atomic mass is 16.5. The van der Waals surface area contributed by atoms with Crippen molar-refractivity contribution < 1.29 is 4.74 Å². The molecule has 0 saturated carbocycles. The van der Waals surface area contributed by atoms with Crippen molar-refractivity contribution in [2.24, 2.45) is 0 Å². The molecule has 1 heterocycles. The Kier molecular flexibility index (Phi) is 3.75. The van der Waals surface area contributed by atoms with Gasteiger partial charge >= 0.3 is 0 Å². The summed E-state index contributed by atoms with van der Waals surface area (Å²) in [7, 11) is 0. The summed E-state index contributed by atoms with van der Waals surface area (Å²) in [6.45, 7) is 0. The molecule has 0 bridgehead atoms. The summed E-state index contributed by atoms with van der Waals surface area (Å²) in [5.74, 6) is 0.911. The predicted molar refractivity (Wildman–Crippen MR) is 125 cm³/mol. The molecule has 30 heavy (non-hydrogen) atoms. The summed E-state index contributed by atoms with van der Waals surface area (Å²) in [6.07, 6.45) is 4.39. The van der Waals surface area contributed by atoms with Crippen molar-refractivity contribution in [1.82, 2.24) is 0 Å². The zero-order valence-electron chi connectivity index (χ0n) is 16.5. The SMILES string of the molecule is C1=CC(c2ccccc2)(c2ccccc2)Oc2cc3c(ccc4ccccc43)cc21. The average molecular weight is 384 g/mol. The van der Waals surface area contributed by atoms with Gasteiger partial charge in [0.1, 0.15) is 5.75 Å². The van der Waals surface area contributed by atoms with E-state index in [1.54, 1.807) is 0 Å². The van der Waals surface area contributed by atoms with Gasteiger partial charge in [-0.1, -0.05) is 103 Å². The Hall–Kier alpha value is -3.84. The van der Waals surface area contributed by atoms with Crippen LogP contribution in [-0.4, -0.2) is 0 Å². The maximum atomic E-state index is 6.86. The summed E-state index contributed by atoms with van der Waals surface area (Å²) in [4.78, 5) is 0. The van der Waals surface area contributed by atoms with Crippen LogP contribution in [0.1, 0.15) is 16.7 Å². The zero-order valence-corrected chi connectivity index (χ0v) is 16.5. The van der Waals surface area contributed by atoms with Crippen LogP contribution in [0.5, 0.6) is 5.75 Å². The topological polar surface area (TPSA) is 9.23 Å². The molecule has 0 aliphatic carbocycles. The first kappa shape index (κ1) is 17.1. The Morgan fingerprint density at radius 1 is 0.533 bits per heavy atom. The highest BCUT2D eigenvalue weighted by molar-refractivity contribution is 6.08. The highest BCUT2D eigenvalue weighted by Crippen LogP contribution is 2.43. The van der Waals surface area contributed by atoms with E-state index in [1.807, 2.05) is 12.1 Å². The van der Waals surface area contributed by atoms with Crippen molar-refractivity contribution in [1.29, 1.82) is 0 Å². The fourth-order valence-electron chi connectivity index (χ4n) is 4.53. The molecule has 5 aromatic carbocycles. The second-order valence-electron chi connectivity index (χ2n) is 7.80. The van der Waals surface area contributed by atoms with Gasteiger partial charge in [0, 0.05) is 16.7 Å². The van der Waals surface area contributed by atoms with E-state index in [4.69, 9.17) is 4.74 Å². The quantitative estimate of drug-likeness (QED) is 0.289. The Morgan fingerprint density at radius 2 is 1.17 bits per heavy atom. The molecule has 0 saturated heterocycles. The van der Waals surface area contributed by atoms with E-state index in [0.717, 1.165) is 22.4 Å². The first-order valence-corrected chi connectivity index (χ1v) is 10.3. The first-order valence-electron chi connectivity index (χ1n) is 10.3. The molecule has 142 valence electrons. The van der Waals surface area contributed by atoms with Crippen LogP contribution in [0.15, 0.2) is 115 Å². The van der Waals surface area contributed by atoms with E-state index < -0.39 is 5.60 Å². The fraction of sp³-hybridized carbons (Fsp3) is 0.0345. The second kappa shape index (κ2) is 6.60. The molecule has 0 amide bonds. The van der Waals surface area contributed by atoms with Gasteiger partial charge in [-0.15, -0.1) is 0 Å². The average Bonchev–Trinajstić information content (AvgIpc) is 2.83. The van der Waals surface area contributed by atoms with E-state index in [2.05, 4.69) is 109 Å². The molecule has 0 spiro atoms. The van der Waals surface area contributed by atoms with Crippen LogP contribution in [-0.2, 0) is 5.60 Å². The fourth-order valence-corrected chi connectivity index (χ4v) is 4.53. The molecule has 1 heteroatoms. The van der Waals surface area contributed by atoms with Crippen LogP contribution in [0.4, 0.5) is 0 Å². The molecule has 1 nitrogen and oxygen atoms in total. The van der Waals surface area contributed by atoms with Gasteiger partial charge in [0.05, 0.1) is 0 Å². The lowest BCUT2D eigenvalue weighted by Gasteiger charge is -2.36. The van der Waals surface area contributed by atoms with Gasteiger partial charge in [-0.3, -0.25) is 0 Å². The summed E-state index contributed by atoms with van der Waals surface area (Å²) < 4.78 is 6.86. The van der Waals surface area contributed by atoms with Gasteiger partial charge in [-0.05, 0) is 39.8 Å². The lowest BCUT2D eigenvalue weighted by atomic mass is 9.83. The molecule has 0 aromatic heterocycles. The summed E-state index contributed by atoms with van der Waals surface area (Å²) in [5.41, 5.74) is 2.71. The molecule has 0 radical (unpaired) electrons. The number of fused-ring (bicyclic) bond motifs is 4. The van der Waals surface area contributed by atoms with Gasteiger partial charge in [0.25, 0.3) is 0 Å². The van der Waals surface area contributed by atoms with Crippen LogP contribution in [0.2, 0.25) is 0 Å². The molecule has 0 unspecified atom stereocenters. The summed E-state index contributed by atoms with van der Waals surface area (Å²) >= 11 is 0. The molecular formula is C29H20O. The second-order valence-corrected chi connectivity index (χ2v) is 7.80. The Balaban J connectivity index is 1.60. The van der Waals surface area contributed by atoms with Gasteiger partial charge in [-0.2, -0.15) is 0 Å². The number of rotatable bonds is 2. The zero-order chi connectivity index (χ0) is 20.0. The van der Waals surface area contributed by atoms with Crippen molar-refractivity contribution in [3.05, 3.63) is 132 Å². The number of benzene rings is 5. The molecule has 1 aliphatic rings. The summed E-state index contributed by atoms with van der Waals surface area (Å²) in [6, 6.07) is 38.3. The van der Waals surface area contributed by atoms with Crippen LogP contribution in [0, 0.1) is 0 Å². The number of ether oxygens (including phenoxy) is 1. The maximum Gasteiger partial charge on any atom is 0.178 e. The highest BCUT2D eigenvalue weighted by Gasteiger charge is 2.36. The lowest BCUT2D eigenvalue weighted by Crippen LogP contribution is -2.34. The predicted octanol–water partition coefficient (Wildman–Crippen LogP) is 7.34. The molecular weight excluding hydrogens is 364 g/mol. The minimum Gasteiger partial charge on any atom is -0.473 e. The molecule has 6 rings (SSSR count). The first-order chi connectivity index (χ1) is 14.8. The molecule has 0 N–H and O–H groups in total.